The lowest BCUT2D eigenvalue weighted by molar-refractivity contribution is -0.383. The number of fused-ring (bicyclic) bond motifs is 1. The third kappa shape index (κ3) is 2.14. The predicted molar refractivity (Wildman–Crippen MR) is 81.4 cm³/mol. The van der Waals surface area contributed by atoms with Crippen LogP contribution in [0.15, 0.2) is 36.4 Å². The second kappa shape index (κ2) is 4.70. The zero-order valence-electron chi connectivity index (χ0n) is 12.1. The van der Waals surface area contributed by atoms with Crippen LogP contribution in [0.25, 0.3) is 10.8 Å². The lowest BCUT2D eigenvalue weighted by atomic mass is 9.65. The molecule has 0 radical (unpaired) electrons. The first-order valence-electron chi connectivity index (χ1n) is 6.99. The van der Waals surface area contributed by atoms with Crippen LogP contribution in [0.5, 0.6) is 5.75 Å². The van der Waals surface area contributed by atoms with Crippen molar-refractivity contribution in [3.8, 4) is 5.75 Å². The number of nitro groups is 1. The summed E-state index contributed by atoms with van der Waals surface area (Å²) >= 11 is 0. The molecule has 2 N–H and O–H groups in total. The van der Waals surface area contributed by atoms with Crippen molar-refractivity contribution in [3.63, 3.8) is 0 Å². The summed E-state index contributed by atoms with van der Waals surface area (Å²) < 4.78 is 6.08. The smallest absolute Gasteiger partial charge is 0.277 e. The maximum absolute atomic E-state index is 11.1. The van der Waals surface area contributed by atoms with E-state index in [-0.39, 0.29) is 28.2 Å². The van der Waals surface area contributed by atoms with E-state index in [0.717, 1.165) is 11.8 Å². The van der Waals surface area contributed by atoms with Crippen LogP contribution >= 0.6 is 0 Å². The standard InChI is InChI=1S/C16H18N2O3/c1-16(2)14(17)9-15(16)21-13-8-7-12(18(19)20)10-5-3-4-6-11(10)13/h3-8,14-15H,9,17H2,1-2H3. The molecule has 5 nitrogen and oxygen atoms in total. The van der Waals surface area contributed by atoms with Crippen LogP contribution in [0.1, 0.15) is 20.3 Å². The quantitative estimate of drug-likeness (QED) is 0.694. The van der Waals surface area contributed by atoms with Crippen molar-refractivity contribution in [2.45, 2.75) is 32.4 Å². The van der Waals surface area contributed by atoms with Crippen LogP contribution in [-0.2, 0) is 0 Å². The van der Waals surface area contributed by atoms with Crippen LogP contribution in [0.4, 0.5) is 5.69 Å². The van der Waals surface area contributed by atoms with Gasteiger partial charge < -0.3 is 10.5 Å². The zero-order chi connectivity index (χ0) is 15.2. The van der Waals surface area contributed by atoms with E-state index in [0.29, 0.717) is 11.1 Å². The number of non-ortho nitro benzene ring substituents is 1. The number of benzene rings is 2. The Morgan fingerprint density at radius 3 is 2.48 bits per heavy atom. The van der Waals surface area contributed by atoms with Gasteiger partial charge in [-0.25, -0.2) is 0 Å². The maximum atomic E-state index is 11.1. The molecule has 0 bridgehead atoms. The average Bonchev–Trinajstić information content (AvgIpc) is 2.46. The fraction of sp³-hybridized carbons (Fsp3) is 0.375. The van der Waals surface area contributed by atoms with E-state index in [9.17, 15) is 10.1 Å². The minimum absolute atomic E-state index is 0.0392. The topological polar surface area (TPSA) is 78.4 Å². The summed E-state index contributed by atoms with van der Waals surface area (Å²) in [5.74, 6) is 0.682. The number of hydrogen-bond donors (Lipinski definition) is 1. The van der Waals surface area contributed by atoms with E-state index in [1.807, 2.05) is 12.1 Å². The van der Waals surface area contributed by atoms with Gasteiger partial charge in [0, 0.05) is 29.3 Å². The van der Waals surface area contributed by atoms with Crippen molar-refractivity contribution < 1.29 is 9.66 Å². The van der Waals surface area contributed by atoms with Crippen LogP contribution in [0.3, 0.4) is 0 Å². The summed E-state index contributed by atoms with van der Waals surface area (Å²) in [7, 11) is 0. The highest BCUT2D eigenvalue weighted by Gasteiger charge is 2.48. The Morgan fingerprint density at radius 1 is 1.24 bits per heavy atom. The molecule has 2 aromatic rings. The molecule has 21 heavy (non-hydrogen) atoms. The molecule has 0 aromatic heterocycles. The minimum atomic E-state index is -0.366. The van der Waals surface area contributed by atoms with Crippen molar-refractivity contribution in [1.82, 2.24) is 0 Å². The van der Waals surface area contributed by atoms with Gasteiger partial charge >= 0.3 is 0 Å². The molecular weight excluding hydrogens is 268 g/mol. The third-order valence-electron chi connectivity index (χ3n) is 4.58. The van der Waals surface area contributed by atoms with Crippen molar-refractivity contribution >= 4 is 16.5 Å². The molecule has 2 aromatic carbocycles. The number of ether oxygens (including phenoxy) is 1. The largest absolute Gasteiger partial charge is 0.489 e. The van der Waals surface area contributed by atoms with Gasteiger partial charge in [0.15, 0.2) is 0 Å². The monoisotopic (exact) mass is 286 g/mol. The second-order valence-corrected chi connectivity index (χ2v) is 6.16. The average molecular weight is 286 g/mol. The molecule has 0 spiro atoms. The summed E-state index contributed by atoms with van der Waals surface area (Å²) in [6.07, 6.45) is 0.843. The molecule has 2 atom stereocenters. The zero-order valence-corrected chi connectivity index (χ0v) is 12.1. The summed E-state index contributed by atoms with van der Waals surface area (Å²) in [4.78, 5) is 10.7. The van der Waals surface area contributed by atoms with Crippen LogP contribution in [0.2, 0.25) is 0 Å². The summed E-state index contributed by atoms with van der Waals surface area (Å²) in [5.41, 5.74) is 6.03. The minimum Gasteiger partial charge on any atom is -0.489 e. The molecule has 110 valence electrons. The number of rotatable bonds is 3. The van der Waals surface area contributed by atoms with Crippen LogP contribution in [0, 0.1) is 15.5 Å². The second-order valence-electron chi connectivity index (χ2n) is 6.16. The Bertz CT molecular complexity index is 712. The molecule has 2 unspecified atom stereocenters. The van der Waals surface area contributed by atoms with Crippen molar-refractivity contribution in [1.29, 1.82) is 0 Å². The van der Waals surface area contributed by atoms with Crippen LogP contribution in [-0.4, -0.2) is 17.1 Å². The molecule has 1 aliphatic carbocycles. The Morgan fingerprint density at radius 2 is 1.90 bits per heavy atom. The highest BCUT2D eigenvalue weighted by atomic mass is 16.6. The summed E-state index contributed by atoms with van der Waals surface area (Å²) in [6, 6.07) is 10.6. The molecular formula is C16H18N2O3. The van der Waals surface area contributed by atoms with E-state index in [1.165, 1.54) is 6.07 Å². The highest BCUT2D eigenvalue weighted by molar-refractivity contribution is 5.95. The van der Waals surface area contributed by atoms with Crippen LogP contribution < -0.4 is 10.5 Å². The van der Waals surface area contributed by atoms with Gasteiger partial charge in [-0.15, -0.1) is 0 Å². The summed E-state index contributed by atoms with van der Waals surface area (Å²) in [5, 5.41) is 12.5. The van der Waals surface area contributed by atoms with Gasteiger partial charge in [0.1, 0.15) is 11.9 Å². The first-order chi connectivity index (χ1) is 9.91. The lowest BCUT2D eigenvalue weighted by Gasteiger charge is -2.49. The predicted octanol–water partition coefficient (Wildman–Crippen LogP) is 3.25. The molecule has 1 fully saturated rings. The molecule has 0 aliphatic heterocycles. The number of nitrogens with zero attached hydrogens (tertiary/aromatic N) is 1. The maximum Gasteiger partial charge on any atom is 0.277 e. The lowest BCUT2D eigenvalue weighted by Crippen LogP contribution is -2.60. The Balaban J connectivity index is 2.01. The highest BCUT2D eigenvalue weighted by Crippen LogP contribution is 2.43. The summed E-state index contributed by atoms with van der Waals surface area (Å²) in [6.45, 7) is 4.17. The van der Waals surface area contributed by atoms with Gasteiger partial charge in [0.05, 0.1) is 10.3 Å². The van der Waals surface area contributed by atoms with Gasteiger partial charge in [-0.3, -0.25) is 10.1 Å². The Hall–Kier alpha value is -2.14. The SMILES string of the molecule is CC1(C)C(N)CC1Oc1ccc([N+](=O)[O-])c2ccccc12. The fourth-order valence-corrected chi connectivity index (χ4v) is 2.79. The van der Waals surface area contributed by atoms with E-state index in [2.05, 4.69) is 13.8 Å². The van der Waals surface area contributed by atoms with E-state index in [1.54, 1.807) is 18.2 Å². The van der Waals surface area contributed by atoms with Gasteiger partial charge in [0.25, 0.3) is 5.69 Å². The Kier molecular flexibility index (Phi) is 3.10. The van der Waals surface area contributed by atoms with Gasteiger partial charge in [-0.05, 0) is 12.1 Å². The fourth-order valence-electron chi connectivity index (χ4n) is 2.79. The molecule has 0 saturated heterocycles. The van der Waals surface area contributed by atoms with Gasteiger partial charge in [0.2, 0.25) is 0 Å². The number of nitrogens with two attached hydrogens (primary N) is 1. The van der Waals surface area contributed by atoms with Crippen molar-refractivity contribution in [3.05, 3.63) is 46.5 Å². The Labute approximate surface area is 122 Å². The number of hydrogen-bond acceptors (Lipinski definition) is 4. The first kappa shape index (κ1) is 13.8. The normalized spacial score (nSPS) is 23.6. The van der Waals surface area contributed by atoms with Gasteiger partial charge in [-0.1, -0.05) is 32.0 Å². The van der Waals surface area contributed by atoms with E-state index in [4.69, 9.17) is 10.5 Å². The van der Waals surface area contributed by atoms with Gasteiger partial charge in [-0.2, -0.15) is 0 Å². The van der Waals surface area contributed by atoms with E-state index >= 15 is 0 Å². The third-order valence-corrected chi connectivity index (χ3v) is 4.58. The van der Waals surface area contributed by atoms with E-state index < -0.39 is 0 Å². The molecule has 3 rings (SSSR count). The first-order valence-corrected chi connectivity index (χ1v) is 6.99. The number of nitro benzene ring substituents is 1. The molecule has 1 aliphatic rings. The van der Waals surface area contributed by atoms with Crippen molar-refractivity contribution in [2.24, 2.45) is 11.1 Å². The van der Waals surface area contributed by atoms with Crippen molar-refractivity contribution in [2.75, 3.05) is 0 Å². The molecule has 0 heterocycles. The molecule has 0 amide bonds. The molecule has 5 heteroatoms. The molecule has 1 saturated carbocycles.